The third-order valence-corrected chi connectivity index (χ3v) is 3.68. The van der Waals surface area contributed by atoms with E-state index in [-0.39, 0.29) is 5.41 Å². The first-order valence-corrected chi connectivity index (χ1v) is 7.25. The van der Waals surface area contributed by atoms with Crippen LogP contribution < -0.4 is 10.1 Å². The van der Waals surface area contributed by atoms with Crippen LogP contribution in [0.5, 0.6) is 5.75 Å². The quantitative estimate of drug-likeness (QED) is 0.774. The summed E-state index contributed by atoms with van der Waals surface area (Å²) in [6.45, 7) is 5.36. The van der Waals surface area contributed by atoms with Crippen LogP contribution in [0.15, 0.2) is 22.7 Å². The monoisotopic (exact) mass is 324 g/mol. The summed E-state index contributed by atoms with van der Waals surface area (Å²) in [7, 11) is 1.92. The van der Waals surface area contributed by atoms with Gasteiger partial charge in [0.2, 0.25) is 0 Å². The number of nitriles is 1. The highest BCUT2D eigenvalue weighted by Gasteiger charge is 2.15. The Labute approximate surface area is 124 Å². The van der Waals surface area contributed by atoms with Gasteiger partial charge in [-0.25, -0.2) is 0 Å². The van der Waals surface area contributed by atoms with Gasteiger partial charge in [0.15, 0.2) is 0 Å². The molecule has 0 bridgehead atoms. The van der Waals surface area contributed by atoms with Gasteiger partial charge < -0.3 is 10.1 Å². The molecule has 0 spiro atoms. The number of halogens is 1. The second-order valence-corrected chi connectivity index (χ2v) is 6.09. The highest BCUT2D eigenvalue weighted by atomic mass is 79.9. The van der Waals surface area contributed by atoms with Crippen LogP contribution in [0, 0.1) is 16.7 Å². The Hall–Kier alpha value is -1.05. The average Bonchev–Trinajstić information content (AvgIpc) is 2.38. The molecule has 0 heterocycles. The van der Waals surface area contributed by atoms with Gasteiger partial charge >= 0.3 is 0 Å². The molecule has 1 rings (SSSR count). The Kier molecular flexibility index (Phi) is 6.33. The third-order valence-electron chi connectivity index (χ3n) is 2.90. The molecule has 0 radical (unpaired) electrons. The van der Waals surface area contributed by atoms with Gasteiger partial charge in [0.05, 0.1) is 18.1 Å². The summed E-state index contributed by atoms with van der Waals surface area (Å²) in [6, 6.07) is 8.30. The molecule has 1 aromatic rings. The lowest BCUT2D eigenvalue weighted by Crippen LogP contribution is -2.10. The zero-order chi connectivity index (χ0) is 14.3. The van der Waals surface area contributed by atoms with Gasteiger partial charge in [0.25, 0.3) is 0 Å². The first-order valence-electron chi connectivity index (χ1n) is 6.45. The number of nitrogens with zero attached hydrogens (tertiary/aromatic N) is 1. The predicted octanol–water partition coefficient (Wildman–Crippen LogP) is 3.88. The van der Waals surface area contributed by atoms with Gasteiger partial charge in [0, 0.05) is 11.0 Å². The van der Waals surface area contributed by atoms with Crippen molar-refractivity contribution in [2.75, 3.05) is 13.7 Å². The Morgan fingerprint density at radius 1 is 1.42 bits per heavy atom. The molecule has 1 N–H and O–H groups in total. The van der Waals surface area contributed by atoms with Crippen LogP contribution in [0.3, 0.4) is 0 Å². The van der Waals surface area contributed by atoms with Crippen LogP contribution >= 0.6 is 15.9 Å². The van der Waals surface area contributed by atoms with Gasteiger partial charge in [-0.3, -0.25) is 0 Å². The second kappa shape index (κ2) is 7.52. The van der Waals surface area contributed by atoms with Gasteiger partial charge in [-0.2, -0.15) is 5.26 Å². The topological polar surface area (TPSA) is 45.0 Å². The molecule has 0 amide bonds. The molecular formula is C15H21BrN2O. The van der Waals surface area contributed by atoms with Crippen LogP contribution in [-0.4, -0.2) is 13.7 Å². The first-order chi connectivity index (χ1) is 8.98. The first kappa shape index (κ1) is 16.0. The van der Waals surface area contributed by atoms with E-state index in [1.807, 2.05) is 39.1 Å². The largest absolute Gasteiger partial charge is 0.494 e. The molecule has 0 aliphatic heterocycles. The van der Waals surface area contributed by atoms with Crippen LogP contribution in [0.25, 0.3) is 0 Å². The Balaban J connectivity index is 2.46. The van der Waals surface area contributed by atoms with Crippen molar-refractivity contribution in [1.29, 1.82) is 5.26 Å². The molecule has 19 heavy (non-hydrogen) atoms. The van der Waals surface area contributed by atoms with Gasteiger partial charge in [-0.1, -0.05) is 15.9 Å². The normalized spacial score (nSPS) is 11.1. The number of hydrogen-bond donors (Lipinski definition) is 1. The highest BCUT2D eigenvalue weighted by molar-refractivity contribution is 9.10. The minimum absolute atomic E-state index is 0.264. The fraction of sp³-hybridized carbons (Fsp3) is 0.533. The lowest BCUT2D eigenvalue weighted by atomic mass is 9.90. The van der Waals surface area contributed by atoms with Crippen LogP contribution in [0.1, 0.15) is 32.3 Å². The second-order valence-electron chi connectivity index (χ2n) is 5.23. The van der Waals surface area contributed by atoms with E-state index in [4.69, 9.17) is 10.00 Å². The Morgan fingerprint density at radius 3 is 2.79 bits per heavy atom. The number of nitrogens with one attached hydrogen (secondary N) is 1. The Bertz CT molecular complexity index is 452. The molecule has 3 nitrogen and oxygen atoms in total. The SMILES string of the molecule is CNCc1cc(OCCCC(C)(C)C#N)ccc1Br. The lowest BCUT2D eigenvalue weighted by Gasteiger charge is -2.15. The average molecular weight is 325 g/mol. The van der Waals surface area contributed by atoms with E-state index in [0.29, 0.717) is 6.61 Å². The van der Waals surface area contributed by atoms with E-state index < -0.39 is 0 Å². The molecule has 0 aromatic heterocycles. The number of hydrogen-bond acceptors (Lipinski definition) is 3. The minimum atomic E-state index is -0.264. The van der Waals surface area contributed by atoms with E-state index in [0.717, 1.165) is 29.6 Å². The van der Waals surface area contributed by atoms with Crippen molar-refractivity contribution in [3.63, 3.8) is 0 Å². The van der Waals surface area contributed by atoms with Crippen LogP contribution in [0.2, 0.25) is 0 Å². The maximum atomic E-state index is 8.93. The fourth-order valence-corrected chi connectivity index (χ4v) is 2.11. The lowest BCUT2D eigenvalue weighted by molar-refractivity contribution is 0.284. The van der Waals surface area contributed by atoms with Crippen molar-refractivity contribution < 1.29 is 4.74 Å². The van der Waals surface area contributed by atoms with E-state index in [1.54, 1.807) is 0 Å². The number of ether oxygens (including phenoxy) is 1. The number of benzene rings is 1. The molecule has 0 aliphatic rings. The smallest absolute Gasteiger partial charge is 0.119 e. The predicted molar refractivity (Wildman–Crippen MR) is 81.0 cm³/mol. The molecule has 4 heteroatoms. The van der Waals surface area contributed by atoms with Crippen LogP contribution in [-0.2, 0) is 6.54 Å². The standard InChI is InChI=1S/C15H21BrN2O/c1-15(2,11-17)7-4-8-19-13-5-6-14(16)12(9-13)10-18-3/h5-6,9,18H,4,7-8,10H2,1-3H3. The fourth-order valence-electron chi connectivity index (χ4n) is 1.73. The zero-order valence-electron chi connectivity index (χ0n) is 11.8. The third kappa shape index (κ3) is 5.63. The Morgan fingerprint density at radius 2 is 2.16 bits per heavy atom. The van der Waals surface area contributed by atoms with Crippen molar-refractivity contribution in [2.24, 2.45) is 5.41 Å². The van der Waals surface area contributed by atoms with E-state index >= 15 is 0 Å². The number of rotatable bonds is 7. The molecule has 0 aliphatic carbocycles. The molecule has 0 atom stereocenters. The maximum absolute atomic E-state index is 8.93. The highest BCUT2D eigenvalue weighted by Crippen LogP contribution is 2.24. The summed E-state index contributed by atoms with van der Waals surface area (Å²) in [4.78, 5) is 0. The van der Waals surface area contributed by atoms with Crippen LogP contribution in [0.4, 0.5) is 0 Å². The summed E-state index contributed by atoms with van der Waals surface area (Å²) in [6.07, 6.45) is 1.74. The van der Waals surface area contributed by atoms with Crippen molar-refractivity contribution in [2.45, 2.75) is 33.2 Å². The molecule has 0 saturated carbocycles. The maximum Gasteiger partial charge on any atom is 0.119 e. The molecule has 104 valence electrons. The van der Waals surface area contributed by atoms with E-state index in [1.165, 1.54) is 5.56 Å². The zero-order valence-corrected chi connectivity index (χ0v) is 13.4. The summed E-state index contributed by atoms with van der Waals surface area (Å²) in [5.41, 5.74) is 0.915. The summed E-state index contributed by atoms with van der Waals surface area (Å²) >= 11 is 3.52. The molecule has 0 unspecified atom stereocenters. The molecular weight excluding hydrogens is 304 g/mol. The molecule has 0 saturated heterocycles. The van der Waals surface area contributed by atoms with E-state index in [2.05, 4.69) is 27.3 Å². The van der Waals surface area contributed by atoms with E-state index in [9.17, 15) is 0 Å². The summed E-state index contributed by atoms with van der Waals surface area (Å²) < 4.78 is 6.81. The van der Waals surface area contributed by atoms with Crippen molar-refractivity contribution in [3.05, 3.63) is 28.2 Å². The van der Waals surface area contributed by atoms with Crippen molar-refractivity contribution in [3.8, 4) is 11.8 Å². The molecule has 0 fully saturated rings. The summed E-state index contributed by atoms with van der Waals surface area (Å²) in [5.74, 6) is 0.878. The van der Waals surface area contributed by atoms with Gasteiger partial charge in [-0.15, -0.1) is 0 Å². The van der Waals surface area contributed by atoms with Crippen molar-refractivity contribution in [1.82, 2.24) is 5.32 Å². The molecule has 1 aromatic carbocycles. The van der Waals surface area contributed by atoms with Crippen molar-refractivity contribution >= 4 is 15.9 Å². The van der Waals surface area contributed by atoms with Gasteiger partial charge in [-0.05, 0) is 57.5 Å². The minimum Gasteiger partial charge on any atom is -0.494 e. The summed E-state index contributed by atoms with van der Waals surface area (Å²) in [5, 5.41) is 12.1. The van der Waals surface area contributed by atoms with Gasteiger partial charge in [0.1, 0.15) is 5.75 Å².